The fourth-order valence-corrected chi connectivity index (χ4v) is 4.36. The zero-order valence-corrected chi connectivity index (χ0v) is 16.0. The molecule has 0 atom stereocenters. The minimum atomic E-state index is -3.86. The van der Waals surface area contributed by atoms with Crippen LogP contribution in [0.15, 0.2) is 45.0 Å². The van der Waals surface area contributed by atoms with E-state index in [9.17, 15) is 16.8 Å². The molecule has 25 heavy (non-hydrogen) atoms. The standard InChI is InChI=1S/C13H17N3O6S3/c1-14-21-22-23-10-4-5-12-9(6-10)7-11(24(17,18)15-2)8-13(12)25(19,20)16-3/h4-8,14-16H,1-3H3. The number of hydroxylamine groups is 1. The summed E-state index contributed by atoms with van der Waals surface area (Å²) in [5.41, 5.74) is 2.33. The second kappa shape index (κ2) is 7.97. The van der Waals surface area contributed by atoms with Crippen molar-refractivity contribution >= 4 is 42.9 Å². The van der Waals surface area contributed by atoms with Crippen LogP contribution in [0.4, 0.5) is 0 Å². The molecule has 2 aromatic carbocycles. The molecule has 0 fully saturated rings. The Hall–Kier alpha value is -1.25. The highest BCUT2D eigenvalue weighted by atomic mass is 32.2. The molecule has 0 radical (unpaired) electrons. The van der Waals surface area contributed by atoms with E-state index < -0.39 is 20.0 Å². The lowest BCUT2D eigenvalue weighted by atomic mass is 10.1. The topological polar surface area (TPSA) is 123 Å². The van der Waals surface area contributed by atoms with E-state index in [0.717, 1.165) is 18.1 Å². The molecule has 0 spiro atoms. The molecule has 0 bridgehead atoms. The van der Waals surface area contributed by atoms with Gasteiger partial charge in [0.05, 0.1) is 21.8 Å². The van der Waals surface area contributed by atoms with Crippen LogP contribution in [0.1, 0.15) is 0 Å². The molecular weight excluding hydrogens is 390 g/mol. The van der Waals surface area contributed by atoms with Crippen LogP contribution in [-0.4, -0.2) is 38.0 Å². The van der Waals surface area contributed by atoms with Crippen molar-refractivity contribution in [3.05, 3.63) is 30.3 Å². The maximum Gasteiger partial charge on any atom is 0.240 e. The van der Waals surface area contributed by atoms with E-state index in [-0.39, 0.29) is 9.79 Å². The second-order valence-corrected chi connectivity index (χ2v) is 9.17. The van der Waals surface area contributed by atoms with E-state index in [4.69, 9.17) is 4.33 Å². The average Bonchev–Trinajstić information content (AvgIpc) is 2.60. The maximum absolute atomic E-state index is 12.3. The molecule has 0 saturated carbocycles. The molecule has 12 heteroatoms. The lowest BCUT2D eigenvalue weighted by molar-refractivity contribution is -0.237. The SMILES string of the molecule is CNOOSc1ccc2c(S(=O)(=O)NC)cc(S(=O)(=O)NC)cc2c1. The van der Waals surface area contributed by atoms with Crippen molar-refractivity contribution in [3.63, 3.8) is 0 Å². The van der Waals surface area contributed by atoms with Crippen LogP contribution in [0.2, 0.25) is 0 Å². The first-order valence-corrected chi connectivity index (χ1v) is 10.6. The van der Waals surface area contributed by atoms with Crippen LogP contribution in [0.3, 0.4) is 0 Å². The molecule has 2 rings (SSSR count). The third-order valence-corrected chi connectivity index (χ3v) is 6.67. The van der Waals surface area contributed by atoms with Crippen molar-refractivity contribution < 1.29 is 26.2 Å². The highest BCUT2D eigenvalue weighted by molar-refractivity contribution is 7.94. The van der Waals surface area contributed by atoms with E-state index in [1.165, 1.54) is 27.2 Å². The first kappa shape index (κ1) is 20.1. The summed E-state index contributed by atoms with van der Waals surface area (Å²) in [5, 5.41) is 0.798. The van der Waals surface area contributed by atoms with Crippen LogP contribution >= 0.6 is 12.0 Å². The van der Waals surface area contributed by atoms with Gasteiger partial charge in [-0.05, 0) is 43.7 Å². The average molecular weight is 407 g/mol. The quantitative estimate of drug-likeness (QED) is 0.253. The maximum atomic E-state index is 12.3. The van der Waals surface area contributed by atoms with Crippen LogP contribution < -0.4 is 14.9 Å². The summed E-state index contributed by atoms with van der Waals surface area (Å²) >= 11 is 0.883. The first-order chi connectivity index (χ1) is 11.7. The molecule has 3 N–H and O–H groups in total. The lowest BCUT2D eigenvalue weighted by Gasteiger charge is -2.11. The fourth-order valence-electron chi connectivity index (χ4n) is 2.03. The Morgan fingerprint density at radius 3 is 2.20 bits per heavy atom. The van der Waals surface area contributed by atoms with Crippen LogP contribution in [0.5, 0.6) is 0 Å². The zero-order chi connectivity index (χ0) is 18.7. The Morgan fingerprint density at radius 1 is 0.920 bits per heavy atom. The molecular formula is C13H17N3O6S3. The van der Waals surface area contributed by atoms with Crippen molar-refractivity contribution in [1.29, 1.82) is 0 Å². The van der Waals surface area contributed by atoms with E-state index in [1.807, 2.05) is 0 Å². The van der Waals surface area contributed by atoms with Gasteiger partial charge in [0.15, 0.2) is 0 Å². The van der Waals surface area contributed by atoms with Crippen molar-refractivity contribution in [2.75, 3.05) is 21.1 Å². The van der Waals surface area contributed by atoms with E-state index in [2.05, 4.69) is 19.9 Å². The Balaban J connectivity index is 2.69. The predicted molar refractivity (Wildman–Crippen MR) is 93.5 cm³/mol. The third kappa shape index (κ3) is 4.48. The van der Waals surface area contributed by atoms with Crippen molar-refractivity contribution in [1.82, 2.24) is 14.9 Å². The minimum Gasteiger partial charge on any atom is -0.214 e. The monoisotopic (exact) mass is 407 g/mol. The van der Waals surface area contributed by atoms with Crippen molar-refractivity contribution in [3.8, 4) is 0 Å². The first-order valence-electron chi connectivity index (χ1n) is 6.87. The number of fused-ring (bicyclic) bond motifs is 1. The van der Waals surface area contributed by atoms with Gasteiger partial charge in [-0.25, -0.2) is 26.3 Å². The van der Waals surface area contributed by atoms with Gasteiger partial charge < -0.3 is 0 Å². The fraction of sp³-hybridized carbons (Fsp3) is 0.231. The summed E-state index contributed by atoms with van der Waals surface area (Å²) in [4.78, 5) is 4.84. The van der Waals surface area contributed by atoms with Gasteiger partial charge in [-0.1, -0.05) is 6.07 Å². The second-order valence-electron chi connectivity index (χ2n) is 4.66. The Labute approximate surface area is 150 Å². The number of nitrogens with one attached hydrogen (secondary N) is 3. The van der Waals surface area contributed by atoms with Gasteiger partial charge in [-0.15, -0.1) is 9.32 Å². The molecule has 0 saturated heterocycles. The normalized spacial score (nSPS) is 12.6. The summed E-state index contributed by atoms with van der Waals surface area (Å²) in [6, 6.07) is 7.31. The summed E-state index contributed by atoms with van der Waals surface area (Å²) < 4.78 is 58.0. The molecule has 0 unspecified atom stereocenters. The molecule has 0 aliphatic carbocycles. The highest BCUT2D eigenvalue weighted by Crippen LogP contribution is 2.31. The molecule has 2 aromatic rings. The van der Waals surface area contributed by atoms with Gasteiger partial charge in [0, 0.05) is 17.3 Å². The number of sulfonamides is 2. The van der Waals surface area contributed by atoms with Crippen molar-refractivity contribution in [2.24, 2.45) is 0 Å². The molecule has 0 amide bonds. The van der Waals surface area contributed by atoms with Crippen molar-refractivity contribution in [2.45, 2.75) is 14.7 Å². The minimum absolute atomic E-state index is 0.134. The van der Waals surface area contributed by atoms with Gasteiger partial charge in [-0.2, -0.15) is 5.48 Å². The largest absolute Gasteiger partial charge is 0.240 e. The molecule has 0 aliphatic heterocycles. The summed E-state index contributed by atoms with van der Waals surface area (Å²) in [6.45, 7) is 0. The van der Waals surface area contributed by atoms with Crippen LogP contribution in [0.25, 0.3) is 10.8 Å². The Morgan fingerprint density at radius 2 is 1.60 bits per heavy atom. The van der Waals surface area contributed by atoms with E-state index in [0.29, 0.717) is 15.7 Å². The zero-order valence-electron chi connectivity index (χ0n) is 13.6. The van der Waals surface area contributed by atoms with E-state index >= 15 is 0 Å². The molecule has 138 valence electrons. The van der Waals surface area contributed by atoms with Crippen LogP contribution in [0, 0.1) is 0 Å². The predicted octanol–water partition coefficient (Wildman–Crippen LogP) is 0.746. The van der Waals surface area contributed by atoms with Gasteiger partial charge in [0.2, 0.25) is 20.0 Å². The lowest BCUT2D eigenvalue weighted by Crippen LogP contribution is -2.22. The van der Waals surface area contributed by atoms with E-state index in [1.54, 1.807) is 18.2 Å². The third-order valence-electron chi connectivity index (χ3n) is 3.24. The molecule has 9 nitrogen and oxygen atoms in total. The molecule has 0 heterocycles. The van der Waals surface area contributed by atoms with Gasteiger partial charge in [0.1, 0.15) is 0 Å². The van der Waals surface area contributed by atoms with Crippen LogP contribution in [-0.2, 0) is 29.4 Å². The number of benzene rings is 2. The smallest absolute Gasteiger partial charge is 0.214 e. The molecule has 0 aliphatic rings. The van der Waals surface area contributed by atoms with Gasteiger partial charge in [0.25, 0.3) is 0 Å². The number of hydrogen-bond donors (Lipinski definition) is 3. The summed E-state index contributed by atoms with van der Waals surface area (Å²) in [7, 11) is -3.67. The number of hydrogen-bond acceptors (Lipinski definition) is 8. The highest BCUT2D eigenvalue weighted by Gasteiger charge is 2.21. The Bertz CT molecular complexity index is 976. The van der Waals surface area contributed by atoms with Gasteiger partial charge in [-0.3, -0.25) is 0 Å². The molecule has 0 aromatic heterocycles. The summed E-state index contributed by atoms with van der Waals surface area (Å²) in [5.74, 6) is 0. The summed E-state index contributed by atoms with van der Waals surface area (Å²) in [6.07, 6.45) is 0. The number of rotatable bonds is 8. The Kier molecular flexibility index (Phi) is 6.40. The van der Waals surface area contributed by atoms with Gasteiger partial charge >= 0.3 is 0 Å².